The summed E-state index contributed by atoms with van der Waals surface area (Å²) in [5, 5.41) is 101. The van der Waals surface area contributed by atoms with Crippen LogP contribution >= 0.6 is 12.4 Å². The Balaban J connectivity index is 0.0000172. The van der Waals surface area contributed by atoms with Gasteiger partial charge in [0.1, 0.15) is 60.3 Å². The summed E-state index contributed by atoms with van der Waals surface area (Å²) in [5.41, 5.74) is 10.6. The fourth-order valence-corrected chi connectivity index (χ4v) is 10.2. The highest BCUT2D eigenvalue weighted by atomic mass is 35.5. The smallest absolute Gasteiger partial charge is 0.312 e. The highest BCUT2D eigenvalue weighted by Gasteiger charge is 2.49. The molecule has 0 spiro atoms. The molecule has 17 N–H and O–H groups in total. The van der Waals surface area contributed by atoms with E-state index in [1.165, 1.54) is 30.7 Å². The fourth-order valence-electron chi connectivity index (χ4n) is 10.2. The number of nitrogens with one attached hydrogen (secondary N) is 5. The summed E-state index contributed by atoms with van der Waals surface area (Å²) in [5.74, 6) is -9.17. The number of hydrogen-bond donors (Lipinski definition) is 15. The number of ether oxygens (including phenoxy) is 1. The molecule has 1 aromatic carbocycles. The first kappa shape index (κ1) is 69.6. The maximum absolute atomic E-state index is 14.5. The number of nitrogens with two attached hydrogens (primary N) is 2. The van der Waals surface area contributed by atoms with Crippen LogP contribution in [-0.2, 0) is 43.2 Å². The third-order valence-corrected chi connectivity index (χ3v) is 14.9. The van der Waals surface area contributed by atoms with Crippen molar-refractivity contribution in [3.05, 3.63) is 29.8 Å². The number of esters is 1. The molecule has 0 bridgehead atoms. The van der Waals surface area contributed by atoms with Gasteiger partial charge in [0.2, 0.25) is 47.3 Å². The van der Waals surface area contributed by atoms with Crippen LogP contribution < -0.4 is 42.8 Å². The van der Waals surface area contributed by atoms with Crippen molar-refractivity contribution in [1.82, 2.24) is 36.4 Å². The maximum atomic E-state index is 14.5. The molecule has 3 saturated heterocycles. The SMILES string of the molecule is CCC(C)CC(C)CCCCCCCCC(=O)NC1CC(O)C(O)NC(=O)C2C(O)CCN2C(=O)C(C(O)CC(N)=O)NC(=O)C(C(O)C(O)c2ccc(OC(=O)CCN)cc2)NC(=O)C2CC(O)CN2C(=O)C(C(C)O)NC1=O.Cl. The number of rotatable bonds is 23. The van der Waals surface area contributed by atoms with Gasteiger partial charge in [-0.2, -0.15) is 0 Å². The highest BCUT2D eigenvalue weighted by molar-refractivity contribution is 5.98. The van der Waals surface area contributed by atoms with Crippen LogP contribution in [0.3, 0.4) is 0 Å². The first-order valence-electron chi connectivity index (χ1n) is 27.6. The number of amides is 8. The van der Waals surface area contributed by atoms with Crippen molar-refractivity contribution in [2.24, 2.45) is 23.3 Å². The number of carbonyl (C=O) groups is 9. The minimum Gasteiger partial charge on any atom is -0.426 e. The Morgan fingerprint density at radius 3 is 1.95 bits per heavy atom. The van der Waals surface area contributed by atoms with Gasteiger partial charge in [0.15, 0.2) is 6.23 Å². The molecule has 4 rings (SSSR count). The normalized spacial score (nSPS) is 27.5. The van der Waals surface area contributed by atoms with Crippen molar-refractivity contribution < 1.29 is 88.7 Å². The van der Waals surface area contributed by atoms with Crippen molar-refractivity contribution in [3.63, 3.8) is 0 Å². The number of halogens is 1. The van der Waals surface area contributed by atoms with E-state index in [4.69, 9.17) is 16.2 Å². The van der Waals surface area contributed by atoms with Crippen molar-refractivity contribution in [3.8, 4) is 5.75 Å². The zero-order valence-corrected chi connectivity index (χ0v) is 47.2. The Morgan fingerprint density at radius 2 is 1.33 bits per heavy atom. The topological polar surface area (TPSA) is 443 Å². The molecular formula is C53H86ClN9O18. The maximum Gasteiger partial charge on any atom is 0.312 e. The molecule has 28 heteroatoms. The molecule has 16 unspecified atom stereocenters. The lowest BCUT2D eigenvalue weighted by Crippen LogP contribution is -2.64. The van der Waals surface area contributed by atoms with E-state index in [1.54, 1.807) is 0 Å². The number of unbranched alkanes of at least 4 members (excludes halogenated alkanes) is 5. The second-order valence-electron chi connectivity index (χ2n) is 21.6. The largest absolute Gasteiger partial charge is 0.426 e. The Labute approximate surface area is 477 Å². The van der Waals surface area contributed by atoms with E-state index in [9.17, 15) is 84.0 Å². The minimum atomic E-state index is -2.41. The number of fused-ring (bicyclic) bond motifs is 2. The minimum absolute atomic E-state index is 0. The van der Waals surface area contributed by atoms with Crippen LogP contribution in [0, 0.1) is 11.8 Å². The number of aliphatic hydroxyl groups is 8. The molecule has 27 nitrogen and oxygen atoms in total. The molecular weight excluding hydrogens is 1090 g/mol. The van der Waals surface area contributed by atoms with E-state index in [1.807, 2.05) is 0 Å². The van der Waals surface area contributed by atoms with Crippen molar-refractivity contribution >= 4 is 65.6 Å². The zero-order chi connectivity index (χ0) is 59.5. The number of aliphatic hydroxyl groups excluding tert-OH is 8. The second kappa shape index (κ2) is 33.5. The van der Waals surface area contributed by atoms with Gasteiger partial charge in [-0.05, 0) is 55.7 Å². The molecule has 458 valence electrons. The van der Waals surface area contributed by atoms with Crippen molar-refractivity contribution in [1.29, 1.82) is 0 Å². The lowest BCUT2D eigenvalue weighted by atomic mass is 9.91. The molecule has 0 aromatic heterocycles. The summed E-state index contributed by atoms with van der Waals surface area (Å²) in [6.45, 7) is 6.69. The van der Waals surface area contributed by atoms with Gasteiger partial charge in [-0.3, -0.25) is 43.2 Å². The summed E-state index contributed by atoms with van der Waals surface area (Å²) in [6.07, 6.45) is -10.7. The van der Waals surface area contributed by atoms with Crippen LogP contribution in [0.2, 0.25) is 0 Å². The van der Waals surface area contributed by atoms with Gasteiger partial charge in [0.25, 0.3) is 0 Å². The Kier molecular flexibility index (Phi) is 28.8. The third kappa shape index (κ3) is 20.6. The van der Waals surface area contributed by atoms with Crippen LogP contribution in [0.4, 0.5) is 0 Å². The zero-order valence-electron chi connectivity index (χ0n) is 46.4. The molecule has 8 amide bonds. The van der Waals surface area contributed by atoms with E-state index in [2.05, 4.69) is 47.4 Å². The molecule has 3 aliphatic heterocycles. The predicted octanol–water partition coefficient (Wildman–Crippen LogP) is -3.37. The number of nitrogens with zero attached hydrogens (tertiary/aromatic N) is 2. The number of benzene rings is 1. The summed E-state index contributed by atoms with van der Waals surface area (Å²) < 4.78 is 5.17. The predicted molar refractivity (Wildman–Crippen MR) is 290 cm³/mol. The van der Waals surface area contributed by atoms with Gasteiger partial charge in [0, 0.05) is 38.9 Å². The second-order valence-corrected chi connectivity index (χ2v) is 21.6. The van der Waals surface area contributed by atoms with Crippen LogP contribution in [0.15, 0.2) is 24.3 Å². The number of hydrogen-bond acceptors (Lipinski definition) is 19. The molecule has 81 heavy (non-hydrogen) atoms. The van der Waals surface area contributed by atoms with E-state index >= 15 is 0 Å². The summed E-state index contributed by atoms with van der Waals surface area (Å²) in [6, 6.07) is -7.30. The lowest BCUT2D eigenvalue weighted by Gasteiger charge is -2.34. The first-order valence-corrected chi connectivity index (χ1v) is 27.6. The van der Waals surface area contributed by atoms with Gasteiger partial charge in [-0.25, -0.2) is 0 Å². The third-order valence-electron chi connectivity index (χ3n) is 14.9. The Hall–Kier alpha value is -5.62. The van der Waals surface area contributed by atoms with Gasteiger partial charge in [-0.1, -0.05) is 77.8 Å². The van der Waals surface area contributed by atoms with Crippen molar-refractivity contribution in [2.45, 2.75) is 209 Å². The number of primary amides is 1. The van der Waals surface area contributed by atoms with Crippen LogP contribution in [0.25, 0.3) is 0 Å². The summed E-state index contributed by atoms with van der Waals surface area (Å²) in [4.78, 5) is 125. The monoisotopic (exact) mass is 1170 g/mol. The average Bonchev–Trinajstić information content (AvgIpc) is 4.02. The van der Waals surface area contributed by atoms with Crippen LogP contribution in [-0.4, -0.2) is 203 Å². The molecule has 0 saturated carbocycles. The van der Waals surface area contributed by atoms with Gasteiger partial charge in [0.05, 0.1) is 37.3 Å². The molecule has 3 fully saturated rings. The van der Waals surface area contributed by atoms with Crippen LogP contribution in [0.1, 0.15) is 136 Å². The fraction of sp³-hybridized carbons (Fsp3) is 0.717. The van der Waals surface area contributed by atoms with E-state index < -0.39 is 171 Å². The van der Waals surface area contributed by atoms with E-state index in [-0.39, 0.29) is 49.5 Å². The molecule has 3 heterocycles. The molecule has 0 aliphatic carbocycles. The molecule has 0 radical (unpaired) electrons. The summed E-state index contributed by atoms with van der Waals surface area (Å²) >= 11 is 0. The lowest BCUT2D eigenvalue weighted by molar-refractivity contribution is -0.149. The molecule has 16 atom stereocenters. The number of carbonyl (C=O) groups excluding carboxylic acids is 9. The summed E-state index contributed by atoms with van der Waals surface area (Å²) in [7, 11) is 0. The molecule has 3 aliphatic rings. The standard InChI is InChI=1S/C53H85N9O18.ClH/c1-5-27(2)22-28(3)12-10-8-6-7-9-11-13-39(69)56-33-24-37(67)49(75)60-51(77)44-35(65)19-21-61(44)53(79)42(36(66)25-38(55)68)58-50(76)43(46(72)45(71)30-14-16-32(17-15-30)80-40(70)18-20-54)59-48(74)34-23-31(64)26-62(34)52(78)41(29(4)63)57-47(33)73;/h14-17,27-29,31,33-37,41-46,49,63-67,71-72,75H,5-13,18-26,54H2,1-4H3,(H2,55,68)(H,56,69)(H,57,73)(H,58,76)(H,59,74)(H,60,77);1H. The Morgan fingerprint density at radius 1 is 0.728 bits per heavy atom. The van der Waals surface area contributed by atoms with Gasteiger partial charge in [-0.15, -0.1) is 12.4 Å². The first-order chi connectivity index (χ1) is 37.8. The van der Waals surface area contributed by atoms with E-state index in [0.717, 1.165) is 50.3 Å². The average molecular weight is 1170 g/mol. The van der Waals surface area contributed by atoms with Gasteiger partial charge >= 0.3 is 5.97 Å². The van der Waals surface area contributed by atoms with Gasteiger partial charge < -0.3 is 93.4 Å². The van der Waals surface area contributed by atoms with Crippen molar-refractivity contribution in [2.75, 3.05) is 19.6 Å². The molecule has 1 aromatic rings. The van der Waals surface area contributed by atoms with E-state index in [0.29, 0.717) is 29.6 Å². The Bertz CT molecular complexity index is 2270. The highest BCUT2D eigenvalue weighted by Crippen LogP contribution is 2.27. The quantitative estimate of drug-likeness (QED) is 0.0289. The van der Waals surface area contributed by atoms with Crippen LogP contribution in [0.5, 0.6) is 5.75 Å².